The molecular formula is C14H15BrClNOS. The Bertz CT molecular complexity index is 539. The van der Waals surface area contributed by atoms with Crippen LogP contribution in [0, 0.1) is 0 Å². The molecule has 0 aliphatic rings. The van der Waals surface area contributed by atoms with Crippen LogP contribution >= 0.6 is 38.9 Å². The molecule has 1 atom stereocenters. The highest BCUT2D eigenvalue weighted by Crippen LogP contribution is 2.39. The third kappa shape index (κ3) is 3.31. The Kier molecular flexibility index (Phi) is 5.28. The lowest BCUT2D eigenvalue weighted by Gasteiger charge is -2.18. The Balaban J connectivity index is 2.41. The molecule has 2 nitrogen and oxygen atoms in total. The van der Waals surface area contributed by atoms with E-state index in [1.165, 1.54) is 0 Å². The van der Waals surface area contributed by atoms with Crippen molar-refractivity contribution in [1.82, 2.24) is 5.32 Å². The Morgan fingerprint density at radius 3 is 2.74 bits per heavy atom. The van der Waals surface area contributed by atoms with E-state index in [0.29, 0.717) is 6.61 Å². The lowest BCUT2D eigenvalue weighted by atomic mass is 10.0. The highest BCUT2D eigenvalue weighted by molar-refractivity contribution is 9.11. The summed E-state index contributed by atoms with van der Waals surface area (Å²) >= 11 is 11.2. The zero-order chi connectivity index (χ0) is 13.8. The topological polar surface area (TPSA) is 21.3 Å². The average molecular weight is 361 g/mol. The van der Waals surface area contributed by atoms with E-state index in [9.17, 15) is 0 Å². The number of hydrogen-bond acceptors (Lipinski definition) is 3. The fraction of sp³-hybridized carbons (Fsp3) is 0.286. The van der Waals surface area contributed by atoms with Crippen molar-refractivity contribution in [2.24, 2.45) is 0 Å². The minimum absolute atomic E-state index is 0.0801. The molecule has 1 aromatic heterocycles. The molecule has 1 heterocycles. The maximum atomic E-state index is 6.12. The van der Waals surface area contributed by atoms with Gasteiger partial charge in [-0.05, 0) is 42.0 Å². The van der Waals surface area contributed by atoms with Gasteiger partial charge in [0.1, 0.15) is 5.75 Å². The molecule has 0 saturated heterocycles. The summed E-state index contributed by atoms with van der Waals surface area (Å²) in [5, 5.41) is 4.07. The van der Waals surface area contributed by atoms with Gasteiger partial charge < -0.3 is 10.1 Å². The van der Waals surface area contributed by atoms with E-state index in [1.54, 1.807) is 11.3 Å². The summed E-state index contributed by atoms with van der Waals surface area (Å²) < 4.78 is 6.66. The number of para-hydroxylation sites is 1. The van der Waals surface area contributed by atoms with Crippen molar-refractivity contribution < 1.29 is 4.74 Å². The van der Waals surface area contributed by atoms with Gasteiger partial charge in [-0.15, -0.1) is 11.3 Å². The van der Waals surface area contributed by atoms with E-state index in [4.69, 9.17) is 16.3 Å². The van der Waals surface area contributed by atoms with Crippen molar-refractivity contribution in [1.29, 1.82) is 0 Å². The van der Waals surface area contributed by atoms with E-state index in [-0.39, 0.29) is 6.04 Å². The van der Waals surface area contributed by atoms with Gasteiger partial charge in [-0.25, -0.2) is 0 Å². The van der Waals surface area contributed by atoms with Crippen LogP contribution in [0.4, 0.5) is 0 Å². The van der Waals surface area contributed by atoms with Gasteiger partial charge in [0.25, 0.3) is 0 Å². The molecule has 19 heavy (non-hydrogen) atoms. The van der Waals surface area contributed by atoms with Crippen LogP contribution in [0.2, 0.25) is 5.02 Å². The SMILES string of the molecule is CCOc1ccccc1C(NC)c1cc(Cl)c(Br)s1. The van der Waals surface area contributed by atoms with E-state index in [0.717, 1.165) is 25.0 Å². The van der Waals surface area contributed by atoms with Crippen molar-refractivity contribution in [2.75, 3.05) is 13.7 Å². The van der Waals surface area contributed by atoms with Crippen LogP contribution in [0.15, 0.2) is 34.1 Å². The Morgan fingerprint density at radius 1 is 1.42 bits per heavy atom. The summed E-state index contributed by atoms with van der Waals surface area (Å²) in [6.07, 6.45) is 0. The Hall–Kier alpha value is -0.550. The molecule has 0 bridgehead atoms. The number of thiophene rings is 1. The first kappa shape index (κ1) is 14.9. The number of nitrogens with one attached hydrogen (secondary N) is 1. The summed E-state index contributed by atoms with van der Waals surface area (Å²) in [4.78, 5) is 1.16. The van der Waals surface area contributed by atoms with Crippen LogP contribution in [0.5, 0.6) is 5.75 Å². The molecule has 0 aliphatic carbocycles. The zero-order valence-corrected chi connectivity index (χ0v) is 13.9. The van der Waals surface area contributed by atoms with E-state index in [1.807, 2.05) is 38.2 Å². The van der Waals surface area contributed by atoms with Crippen LogP contribution in [-0.4, -0.2) is 13.7 Å². The van der Waals surface area contributed by atoms with Gasteiger partial charge in [-0.1, -0.05) is 29.8 Å². The predicted molar refractivity (Wildman–Crippen MR) is 85.5 cm³/mol. The second-order valence-electron chi connectivity index (χ2n) is 3.96. The molecule has 0 saturated carbocycles. The first-order chi connectivity index (χ1) is 9.17. The normalized spacial score (nSPS) is 12.4. The first-order valence-electron chi connectivity index (χ1n) is 6.01. The molecule has 0 amide bonds. The minimum atomic E-state index is 0.0801. The fourth-order valence-electron chi connectivity index (χ4n) is 1.96. The number of benzene rings is 1. The number of halogens is 2. The van der Waals surface area contributed by atoms with Crippen LogP contribution < -0.4 is 10.1 Å². The maximum absolute atomic E-state index is 6.12. The van der Waals surface area contributed by atoms with Gasteiger partial charge in [0, 0.05) is 10.4 Å². The first-order valence-corrected chi connectivity index (χ1v) is 7.99. The lowest BCUT2D eigenvalue weighted by Crippen LogP contribution is -2.17. The summed E-state index contributed by atoms with van der Waals surface area (Å²) in [5.41, 5.74) is 1.12. The van der Waals surface area contributed by atoms with Gasteiger partial charge in [0.05, 0.1) is 21.5 Å². The summed E-state index contributed by atoms with van der Waals surface area (Å²) in [6, 6.07) is 10.1. The average Bonchev–Trinajstić information content (AvgIpc) is 2.73. The van der Waals surface area contributed by atoms with E-state index >= 15 is 0 Å². The standard InChI is InChI=1S/C14H15BrClNOS/c1-3-18-11-7-5-4-6-9(11)13(17-2)12-8-10(16)14(15)19-12/h4-8,13,17H,3H2,1-2H3. The van der Waals surface area contributed by atoms with Crippen molar-refractivity contribution in [3.05, 3.63) is 49.6 Å². The number of hydrogen-bond donors (Lipinski definition) is 1. The van der Waals surface area contributed by atoms with Gasteiger partial charge in [0.2, 0.25) is 0 Å². The molecule has 102 valence electrons. The summed E-state index contributed by atoms with van der Waals surface area (Å²) in [6.45, 7) is 2.64. The molecule has 0 aliphatic heterocycles. The van der Waals surface area contributed by atoms with Crippen LogP contribution in [0.1, 0.15) is 23.4 Å². The number of rotatable bonds is 5. The molecular weight excluding hydrogens is 346 g/mol. The zero-order valence-electron chi connectivity index (χ0n) is 10.7. The molecule has 0 spiro atoms. The Morgan fingerprint density at radius 2 is 2.16 bits per heavy atom. The van der Waals surface area contributed by atoms with Gasteiger partial charge in [-0.2, -0.15) is 0 Å². The Labute approximate surface area is 130 Å². The largest absolute Gasteiger partial charge is 0.494 e. The van der Waals surface area contributed by atoms with Crippen molar-refractivity contribution in [2.45, 2.75) is 13.0 Å². The third-order valence-electron chi connectivity index (χ3n) is 2.77. The molecule has 0 fully saturated rings. The van der Waals surface area contributed by atoms with E-state index in [2.05, 4.69) is 27.3 Å². The highest BCUT2D eigenvalue weighted by Gasteiger charge is 2.19. The highest BCUT2D eigenvalue weighted by atomic mass is 79.9. The summed E-state index contributed by atoms with van der Waals surface area (Å²) in [7, 11) is 1.94. The molecule has 1 unspecified atom stereocenters. The second kappa shape index (κ2) is 6.75. The molecule has 1 aromatic carbocycles. The smallest absolute Gasteiger partial charge is 0.124 e. The fourth-order valence-corrected chi connectivity index (χ4v) is 3.84. The minimum Gasteiger partial charge on any atom is -0.494 e. The third-order valence-corrected chi connectivity index (χ3v) is 5.31. The van der Waals surface area contributed by atoms with Gasteiger partial charge >= 0.3 is 0 Å². The molecule has 1 N–H and O–H groups in total. The van der Waals surface area contributed by atoms with Crippen molar-refractivity contribution in [3.8, 4) is 5.75 Å². The monoisotopic (exact) mass is 359 g/mol. The van der Waals surface area contributed by atoms with Gasteiger partial charge in [0.15, 0.2) is 0 Å². The van der Waals surface area contributed by atoms with E-state index < -0.39 is 0 Å². The maximum Gasteiger partial charge on any atom is 0.124 e. The number of ether oxygens (including phenoxy) is 1. The second-order valence-corrected chi connectivity index (χ2v) is 6.77. The molecule has 5 heteroatoms. The van der Waals surface area contributed by atoms with Crippen LogP contribution in [0.3, 0.4) is 0 Å². The molecule has 2 aromatic rings. The van der Waals surface area contributed by atoms with Crippen molar-refractivity contribution >= 4 is 38.9 Å². The quantitative estimate of drug-likeness (QED) is 0.821. The summed E-state index contributed by atoms with van der Waals surface area (Å²) in [5.74, 6) is 0.907. The van der Waals surface area contributed by atoms with Crippen molar-refractivity contribution in [3.63, 3.8) is 0 Å². The molecule has 2 rings (SSSR count). The van der Waals surface area contributed by atoms with Crippen LogP contribution in [0.25, 0.3) is 0 Å². The van der Waals surface area contributed by atoms with Gasteiger partial charge in [-0.3, -0.25) is 0 Å². The predicted octanol–water partition coefficient (Wildman–Crippen LogP) is 4.87. The lowest BCUT2D eigenvalue weighted by molar-refractivity contribution is 0.334. The molecule has 0 radical (unpaired) electrons. The van der Waals surface area contributed by atoms with Crippen LogP contribution in [-0.2, 0) is 0 Å².